The van der Waals surface area contributed by atoms with E-state index in [1.54, 1.807) is 0 Å². The van der Waals surface area contributed by atoms with Crippen LogP contribution in [0.25, 0.3) is 0 Å². The quantitative estimate of drug-likeness (QED) is 0.782. The van der Waals surface area contributed by atoms with Crippen LogP contribution in [0.15, 0.2) is 0 Å². The van der Waals surface area contributed by atoms with Crippen LogP contribution in [0.3, 0.4) is 0 Å². The normalized spacial score (nSPS) is 32.6. The Morgan fingerprint density at radius 2 is 1.87 bits per heavy atom. The first-order valence-electron chi connectivity index (χ1n) is 6.08. The van der Waals surface area contributed by atoms with Gasteiger partial charge in [0, 0.05) is 0 Å². The number of aliphatic hydroxyl groups excluding tert-OH is 1. The van der Waals surface area contributed by atoms with Gasteiger partial charge in [-0.25, -0.2) is 0 Å². The summed E-state index contributed by atoms with van der Waals surface area (Å²) < 4.78 is 6.05. The van der Waals surface area contributed by atoms with Crippen molar-refractivity contribution in [2.24, 2.45) is 11.8 Å². The highest BCUT2D eigenvalue weighted by molar-refractivity contribution is 4.97. The Kier molecular flexibility index (Phi) is 3.52. The number of aliphatic hydroxyl groups is 1. The molecular weight excluding hydrogens is 188 g/mol. The summed E-state index contributed by atoms with van der Waals surface area (Å²) in [4.78, 5) is 0. The fraction of sp³-hybridized carbons (Fsp3) is 1.00. The Hall–Kier alpha value is -0.0800. The molecule has 1 aliphatic heterocycles. The third-order valence-corrected chi connectivity index (χ3v) is 3.80. The minimum atomic E-state index is -0.202. The maximum absolute atomic E-state index is 9.93. The topological polar surface area (TPSA) is 29.5 Å². The van der Waals surface area contributed by atoms with Crippen molar-refractivity contribution >= 4 is 0 Å². The third kappa shape index (κ3) is 2.73. The molecule has 0 aromatic rings. The molecule has 2 nitrogen and oxygen atoms in total. The summed E-state index contributed by atoms with van der Waals surface area (Å²) in [6, 6.07) is 0. The Balaban J connectivity index is 2.78. The van der Waals surface area contributed by atoms with Gasteiger partial charge >= 0.3 is 0 Å². The highest BCUT2D eigenvalue weighted by atomic mass is 16.5. The van der Waals surface area contributed by atoms with Gasteiger partial charge in [-0.15, -0.1) is 0 Å². The molecule has 2 heteroatoms. The van der Waals surface area contributed by atoms with Crippen LogP contribution in [0, 0.1) is 11.8 Å². The molecule has 0 aromatic heterocycles. The third-order valence-electron chi connectivity index (χ3n) is 3.80. The van der Waals surface area contributed by atoms with Gasteiger partial charge in [0.05, 0.1) is 17.3 Å². The molecule has 0 radical (unpaired) electrons. The fourth-order valence-electron chi connectivity index (χ4n) is 3.06. The second kappa shape index (κ2) is 4.06. The smallest absolute Gasteiger partial charge is 0.0666 e. The molecule has 15 heavy (non-hydrogen) atoms. The summed E-state index contributed by atoms with van der Waals surface area (Å²) in [5.41, 5.74) is -0.158. The summed E-state index contributed by atoms with van der Waals surface area (Å²) in [6.07, 6.45) is 1.67. The van der Waals surface area contributed by atoms with E-state index in [1.807, 2.05) is 6.92 Å². The lowest BCUT2D eigenvalue weighted by atomic mass is 9.76. The molecule has 3 unspecified atom stereocenters. The zero-order valence-corrected chi connectivity index (χ0v) is 11.0. The summed E-state index contributed by atoms with van der Waals surface area (Å²) in [7, 11) is 0. The number of hydrogen-bond donors (Lipinski definition) is 1. The predicted molar refractivity (Wildman–Crippen MR) is 62.8 cm³/mol. The Morgan fingerprint density at radius 3 is 2.20 bits per heavy atom. The second-order valence-electron chi connectivity index (χ2n) is 6.11. The number of ether oxygens (including phenoxy) is 1. The van der Waals surface area contributed by atoms with E-state index in [0.29, 0.717) is 11.8 Å². The number of hydrogen-bond acceptors (Lipinski definition) is 2. The Bertz CT molecular complexity index is 221. The van der Waals surface area contributed by atoms with Crippen LogP contribution < -0.4 is 0 Å². The van der Waals surface area contributed by atoms with Crippen molar-refractivity contribution in [1.82, 2.24) is 0 Å². The standard InChI is InChI=1S/C13H26O2/c1-7-11(14)9(2)10-8-12(3,4)15-13(10,5)6/h9-11,14H,7-8H2,1-6H3. The van der Waals surface area contributed by atoms with E-state index in [4.69, 9.17) is 4.74 Å². The average Bonchev–Trinajstić information content (AvgIpc) is 2.31. The lowest BCUT2D eigenvalue weighted by Crippen LogP contribution is -2.37. The second-order valence-corrected chi connectivity index (χ2v) is 6.11. The van der Waals surface area contributed by atoms with E-state index in [-0.39, 0.29) is 17.3 Å². The van der Waals surface area contributed by atoms with E-state index in [9.17, 15) is 5.11 Å². The fourth-order valence-corrected chi connectivity index (χ4v) is 3.06. The molecule has 1 fully saturated rings. The monoisotopic (exact) mass is 214 g/mol. The first-order chi connectivity index (χ1) is 6.69. The van der Waals surface area contributed by atoms with Gasteiger partial charge in [0.15, 0.2) is 0 Å². The molecule has 90 valence electrons. The van der Waals surface area contributed by atoms with Crippen LogP contribution in [-0.4, -0.2) is 22.4 Å². The SMILES string of the molecule is CCC(O)C(C)C1CC(C)(C)OC1(C)C. The highest BCUT2D eigenvalue weighted by Crippen LogP contribution is 2.46. The molecule has 0 saturated carbocycles. The summed E-state index contributed by atoms with van der Waals surface area (Å²) >= 11 is 0. The van der Waals surface area contributed by atoms with Crippen molar-refractivity contribution in [3.05, 3.63) is 0 Å². The van der Waals surface area contributed by atoms with Crippen LogP contribution in [0.2, 0.25) is 0 Å². The molecule has 0 aliphatic carbocycles. The van der Waals surface area contributed by atoms with Gasteiger partial charge in [0.1, 0.15) is 0 Å². The van der Waals surface area contributed by atoms with E-state index >= 15 is 0 Å². The van der Waals surface area contributed by atoms with E-state index in [0.717, 1.165) is 12.8 Å². The first-order valence-corrected chi connectivity index (χ1v) is 6.08. The number of rotatable bonds is 3. The largest absolute Gasteiger partial charge is 0.393 e. The van der Waals surface area contributed by atoms with Gasteiger partial charge in [0.25, 0.3) is 0 Å². The Morgan fingerprint density at radius 1 is 1.33 bits per heavy atom. The molecule has 1 N–H and O–H groups in total. The van der Waals surface area contributed by atoms with Gasteiger partial charge in [0.2, 0.25) is 0 Å². The van der Waals surface area contributed by atoms with Gasteiger partial charge in [-0.1, -0.05) is 13.8 Å². The van der Waals surface area contributed by atoms with E-state index < -0.39 is 0 Å². The molecule has 1 saturated heterocycles. The van der Waals surface area contributed by atoms with Gasteiger partial charge in [-0.05, 0) is 52.4 Å². The minimum Gasteiger partial charge on any atom is -0.393 e. The molecule has 0 bridgehead atoms. The van der Waals surface area contributed by atoms with Crippen molar-refractivity contribution in [2.75, 3.05) is 0 Å². The van der Waals surface area contributed by atoms with E-state index in [2.05, 4.69) is 34.6 Å². The van der Waals surface area contributed by atoms with Crippen LogP contribution in [0.1, 0.15) is 54.4 Å². The lowest BCUT2D eigenvalue weighted by Gasteiger charge is -2.33. The van der Waals surface area contributed by atoms with Crippen molar-refractivity contribution < 1.29 is 9.84 Å². The zero-order valence-electron chi connectivity index (χ0n) is 11.0. The van der Waals surface area contributed by atoms with Gasteiger partial charge < -0.3 is 9.84 Å². The van der Waals surface area contributed by atoms with Crippen LogP contribution in [-0.2, 0) is 4.74 Å². The van der Waals surface area contributed by atoms with Crippen molar-refractivity contribution in [3.63, 3.8) is 0 Å². The average molecular weight is 214 g/mol. The maximum atomic E-state index is 9.93. The van der Waals surface area contributed by atoms with E-state index in [1.165, 1.54) is 0 Å². The molecule has 1 aliphatic rings. The summed E-state index contributed by atoms with van der Waals surface area (Å²) in [6.45, 7) is 12.7. The first kappa shape index (κ1) is 13.0. The molecule has 0 amide bonds. The van der Waals surface area contributed by atoms with Crippen molar-refractivity contribution in [2.45, 2.75) is 71.7 Å². The van der Waals surface area contributed by atoms with Crippen LogP contribution >= 0.6 is 0 Å². The summed E-state index contributed by atoms with van der Waals surface area (Å²) in [5.74, 6) is 0.759. The molecule has 0 aromatic carbocycles. The molecule has 0 spiro atoms. The minimum absolute atomic E-state index is 0.0457. The Labute approximate surface area is 94.0 Å². The highest BCUT2D eigenvalue weighted by Gasteiger charge is 2.48. The molecule has 1 rings (SSSR count). The lowest BCUT2D eigenvalue weighted by molar-refractivity contribution is -0.0857. The maximum Gasteiger partial charge on any atom is 0.0666 e. The molecular formula is C13H26O2. The van der Waals surface area contributed by atoms with Crippen LogP contribution in [0.5, 0.6) is 0 Å². The summed E-state index contributed by atoms with van der Waals surface area (Å²) in [5, 5.41) is 9.93. The van der Waals surface area contributed by atoms with Crippen molar-refractivity contribution in [3.8, 4) is 0 Å². The zero-order chi connectivity index (χ0) is 11.9. The van der Waals surface area contributed by atoms with Gasteiger partial charge in [-0.3, -0.25) is 0 Å². The van der Waals surface area contributed by atoms with Crippen LogP contribution in [0.4, 0.5) is 0 Å². The van der Waals surface area contributed by atoms with Gasteiger partial charge in [-0.2, -0.15) is 0 Å². The van der Waals surface area contributed by atoms with Crippen molar-refractivity contribution in [1.29, 1.82) is 0 Å². The molecule has 3 atom stereocenters. The molecule has 1 heterocycles. The predicted octanol–water partition coefficient (Wildman–Crippen LogP) is 2.99.